The molecule has 0 aliphatic rings. The molecule has 0 saturated carbocycles. The van der Waals surface area contributed by atoms with E-state index >= 15 is 0 Å². The molecule has 1 aromatic carbocycles. The van der Waals surface area contributed by atoms with Crippen LogP contribution in [-0.2, 0) is 6.54 Å². The van der Waals surface area contributed by atoms with Crippen molar-refractivity contribution in [3.05, 3.63) is 47.2 Å². The maximum atomic E-state index is 10.9. The van der Waals surface area contributed by atoms with Gasteiger partial charge in [-0.05, 0) is 36.2 Å². The molecule has 0 saturated heterocycles. The van der Waals surface area contributed by atoms with Gasteiger partial charge in [0.2, 0.25) is 0 Å². The molecule has 0 aliphatic carbocycles. The second-order valence-electron chi connectivity index (χ2n) is 4.15. The summed E-state index contributed by atoms with van der Waals surface area (Å²) >= 11 is 0. The highest BCUT2D eigenvalue weighted by Gasteiger charge is 2.04. The molecule has 0 spiro atoms. The lowest BCUT2D eigenvalue weighted by molar-refractivity contribution is 0.0994. The highest BCUT2D eigenvalue weighted by molar-refractivity contribution is 5.90. The lowest BCUT2D eigenvalue weighted by atomic mass is 10.1. The van der Waals surface area contributed by atoms with Crippen molar-refractivity contribution < 1.29 is 4.79 Å². The molecule has 6 nitrogen and oxygen atoms in total. The van der Waals surface area contributed by atoms with Crippen molar-refractivity contribution in [3.63, 3.8) is 0 Å². The average Bonchev–Trinajstić information content (AvgIpc) is 2.41. The van der Waals surface area contributed by atoms with Crippen LogP contribution in [0.15, 0.2) is 30.3 Å². The standard InChI is InChI=1S/C13H15N5O/c1-8-9(3-2-4-10(8)14)7-16-12-6-5-11(13(15)19)17-18-12/h2-6H,7,14H2,1H3,(H2,15,19)(H,16,18). The Balaban J connectivity index is 2.06. The number of benzene rings is 1. The van der Waals surface area contributed by atoms with E-state index in [0.29, 0.717) is 12.4 Å². The highest BCUT2D eigenvalue weighted by atomic mass is 16.1. The van der Waals surface area contributed by atoms with Gasteiger partial charge < -0.3 is 16.8 Å². The van der Waals surface area contributed by atoms with Crippen molar-refractivity contribution in [1.29, 1.82) is 0 Å². The first kappa shape index (κ1) is 12.8. The molecule has 2 aromatic rings. The Kier molecular flexibility index (Phi) is 3.61. The van der Waals surface area contributed by atoms with Gasteiger partial charge in [-0.1, -0.05) is 12.1 Å². The van der Waals surface area contributed by atoms with Gasteiger partial charge in [0.05, 0.1) is 0 Å². The van der Waals surface area contributed by atoms with Gasteiger partial charge in [0, 0.05) is 12.2 Å². The van der Waals surface area contributed by atoms with Crippen LogP contribution in [0.4, 0.5) is 11.5 Å². The van der Waals surface area contributed by atoms with E-state index in [1.54, 1.807) is 6.07 Å². The molecule has 0 bridgehead atoms. The summed E-state index contributed by atoms with van der Waals surface area (Å²) in [5.41, 5.74) is 14.0. The van der Waals surface area contributed by atoms with Gasteiger partial charge in [-0.15, -0.1) is 10.2 Å². The number of nitrogens with one attached hydrogen (secondary N) is 1. The Hall–Kier alpha value is -2.63. The minimum absolute atomic E-state index is 0.144. The maximum Gasteiger partial charge on any atom is 0.269 e. The molecule has 1 aromatic heterocycles. The summed E-state index contributed by atoms with van der Waals surface area (Å²) in [7, 11) is 0. The number of hydrogen-bond acceptors (Lipinski definition) is 5. The minimum Gasteiger partial charge on any atom is -0.399 e. The zero-order valence-corrected chi connectivity index (χ0v) is 10.6. The van der Waals surface area contributed by atoms with Crippen molar-refractivity contribution in [2.24, 2.45) is 5.73 Å². The number of carbonyl (C=O) groups excluding carboxylic acids is 1. The average molecular weight is 257 g/mol. The number of rotatable bonds is 4. The van der Waals surface area contributed by atoms with Crippen molar-refractivity contribution >= 4 is 17.4 Å². The summed E-state index contributed by atoms with van der Waals surface area (Å²) < 4.78 is 0. The van der Waals surface area contributed by atoms with Crippen LogP contribution in [0.5, 0.6) is 0 Å². The summed E-state index contributed by atoms with van der Waals surface area (Å²) in [5, 5.41) is 10.7. The van der Waals surface area contributed by atoms with Crippen LogP contribution in [0.25, 0.3) is 0 Å². The van der Waals surface area contributed by atoms with Crippen molar-refractivity contribution in [1.82, 2.24) is 10.2 Å². The second kappa shape index (κ2) is 5.34. The fraction of sp³-hybridized carbons (Fsp3) is 0.154. The molecule has 2 rings (SSSR count). The fourth-order valence-electron chi connectivity index (χ4n) is 1.64. The van der Waals surface area contributed by atoms with Crippen molar-refractivity contribution in [2.75, 3.05) is 11.1 Å². The van der Waals surface area contributed by atoms with Crippen molar-refractivity contribution in [2.45, 2.75) is 13.5 Å². The smallest absolute Gasteiger partial charge is 0.269 e. The topological polar surface area (TPSA) is 107 Å². The third-order valence-electron chi connectivity index (χ3n) is 2.86. The van der Waals surface area contributed by atoms with Crippen LogP contribution in [0.1, 0.15) is 21.6 Å². The van der Waals surface area contributed by atoms with Gasteiger partial charge in [-0.3, -0.25) is 4.79 Å². The first-order chi connectivity index (χ1) is 9.08. The summed E-state index contributed by atoms with van der Waals surface area (Å²) in [5.74, 6) is -0.0162. The Morgan fingerprint density at radius 3 is 2.68 bits per heavy atom. The molecule has 0 fully saturated rings. The molecule has 1 heterocycles. The van der Waals surface area contributed by atoms with Gasteiger partial charge in [0.15, 0.2) is 5.69 Å². The molecule has 5 N–H and O–H groups in total. The Labute approximate surface area is 110 Å². The molecule has 1 amide bonds. The van der Waals surface area contributed by atoms with Gasteiger partial charge in [-0.2, -0.15) is 0 Å². The zero-order chi connectivity index (χ0) is 13.8. The molecular weight excluding hydrogens is 242 g/mol. The van der Waals surface area contributed by atoms with E-state index in [2.05, 4.69) is 15.5 Å². The van der Waals surface area contributed by atoms with Gasteiger partial charge >= 0.3 is 0 Å². The monoisotopic (exact) mass is 257 g/mol. The van der Waals surface area contributed by atoms with E-state index in [1.165, 1.54) is 6.07 Å². The number of aromatic nitrogens is 2. The predicted octanol–water partition coefficient (Wildman–Crippen LogP) is 1.08. The van der Waals surface area contributed by atoms with E-state index in [-0.39, 0.29) is 5.69 Å². The molecule has 0 aliphatic heterocycles. The van der Waals surface area contributed by atoms with E-state index in [4.69, 9.17) is 11.5 Å². The van der Waals surface area contributed by atoms with E-state index in [1.807, 2.05) is 25.1 Å². The summed E-state index contributed by atoms with van der Waals surface area (Å²) in [6, 6.07) is 8.95. The van der Waals surface area contributed by atoms with Crippen LogP contribution in [0.2, 0.25) is 0 Å². The molecule has 98 valence electrons. The number of amides is 1. The number of primary amides is 1. The quantitative estimate of drug-likeness (QED) is 0.710. The minimum atomic E-state index is -0.592. The van der Waals surface area contributed by atoms with Crippen LogP contribution in [-0.4, -0.2) is 16.1 Å². The van der Waals surface area contributed by atoms with Gasteiger partial charge in [-0.25, -0.2) is 0 Å². The number of nitrogens with two attached hydrogens (primary N) is 2. The van der Waals surface area contributed by atoms with Gasteiger partial charge in [0.1, 0.15) is 5.82 Å². The van der Waals surface area contributed by atoms with Crippen LogP contribution in [0.3, 0.4) is 0 Å². The van der Waals surface area contributed by atoms with Crippen LogP contribution >= 0.6 is 0 Å². The number of carbonyl (C=O) groups is 1. The van der Waals surface area contributed by atoms with Crippen LogP contribution in [0, 0.1) is 6.92 Å². The molecule has 6 heteroatoms. The maximum absolute atomic E-state index is 10.9. The Bertz CT molecular complexity index is 594. The normalized spacial score (nSPS) is 10.2. The zero-order valence-electron chi connectivity index (χ0n) is 10.6. The lowest BCUT2D eigenvalue weighted by Gasteiger charge is -2.09. The van der Waals surface area contributed by atoms with Gasteiger partial charge in [0.25, 0.3) is 5.91 Å². The SMILES string of the molecule is Cc1c(N)cccc1CNc1ccc(C(N)=O)nn1. The molecule has 0 unspecified atom stereocenters. The Morgan fingerprint density at radius 2 is 2.05 bits per heavy atom. The molecule has 19 heavy (non-hydrogen) atoms. The lowest BCUT2D eigenvalue weighted by Crippen LogP contribution is -2.14. The third kappa shape index (κ3) is 2.98. The summed E-state index contributed by atoms with van der Waals surface area (Å²) in [6.45, 7) is 2.55. The predicted molar refractivity (Wildman–Crippen MR) is 73.5 cm³/mol. The fourth-order valence-corrected chi connectivity index (χ4v) is 1.64. The van der Waals surface area contributed by atoms with Crippen LogP contribution < -0.4 is 16.8 Å². The summed E-state index contributed by atoms with van der Waals surface area (Å²) in [6.07, 6.45) is 0. The van der Waals surface area contributed by atoms with E-state index < -0.39 is 5.91 Å². The molecule has 0 atom stereocenters. The highest BCUT2D eigenvalue weighted by Crippen LogP contribution is 2.16. The largest absolute Gasteiger partial charge is 0.399 e. The first-order valence-electron chi connectivity index (χ1n) is 5.79. The first-order valence-corrected chi connectivity index (χ1v) is 5.79. The number of hydrogen-bond donors (Lipinski definition) is 3. The third-order valence-corrected chi connectivity index (χ3v) is 2.86. The number of anilines is 2. The number of nitrogen functional groups attached to an aromatic ring is 1. The molecular formula is C13H15N5O. The second-order valence-corrected chi connectivity index (χ2v) is 4.15. The van der Waals surface area contributed by atoms with E-state index in [0.717, 1.165) is 16.8 Å². The van der Waals surface area contributed by atoms with Crippen molar-refractivity contribution in [3.8, 4) is 0 Å². The molecule has 0 radical (unpaired) electrons. The van der Waals surface area contributed by atoms with E-state index in [9.17, 15) is 4.79 Å². The number of nitrogens with zero attached hydrogens (tertiary/aromatic N) is 2. The Morgan fingerprint density at radius 1 is 1.26 bits per heavy atom. The summed E-state index contributed by atoms with van der Waals surface area (Å²) in [4.78, 5) is 10.9.